The number of hydrogen-bond donors (Lipinski definition) is 1. The van der Waals surface area contributed by atoms with Crippen LogP contribution in [0.3, 0.4) is 0 Å². The predicted octanol–water partition coefficient (Wildman–Crippen LogP) is 2.93. The van der Waals surface area contributed by atoms with Crippen molar-refractivity contribution in [2.45, 2.75) is 11.8 Å². The van der Waals surface area contributed by atoms with Crippen molar-refractivity contribution in [1.29, 1.82) is 5.26 Å². The van der Waals surface area contributed by atoms with E-state index in [0.29, 0.717) is 16.3 Å². The van der Waals surface area contributed by atoms with Gasteiger partial charge in [-0.1, -0.05) is 27.5 Å². The third-order valence-electron chi connectivity index (χ3n) is 1.72. The summed E-state index contributed by atoms with van der Waals surface area (Å²) in [7, 11) is 0. The number of hydrogen-bond acceptors (Lipinski definition) is 2. The first kappa shape index (κ1) is 12.0. The molecule has 0 aliphatic heterocycles. The molecule has 78 valence electrons. The summed E-state index contributed by atoms with van der Waals surface area (Å²) < 4.78 is 0. The standard InChI is InChI=1S/C10H8BrClN2O/c1-6(11)10(15)14-9-4-8(12)3-2-7(9)5-13/h2-4,6H,1H3,(H,14,15). The number of alkyl halides is 1. The second-order valence-corrected chi connectivity index (χ2v) is 4.72. The van der Waals surface area contributed by atoms with Crippen molar-refractivity contribution < 1.29 is 4.79 Å². The van der Waals surface area contributed by atoms with Gasteiger partial charge in [-0.05, 0) is 25.1 Å². The van der Waals surface area contributed by atoms with Gasteiger partial charge in [0.2, 0.25) is 5.91 Å². The zero-order chi connectivity index (χ0) is 11.4. The Balaban J connectivity index is 2.98. The Morgan fingerprint density at radius 1 is 1.67 bits per heavy atom. The van der Waals surface area contributed by atoms with Crippen LogP contribution in [0.25, 0.3) is 0 Å². The molecule has 0 bridgehead atoms. The van der Waals surface area contributed by atoms with Crippen LogP contribution >= 0.6 is 27.5 Å². The van der Waals surface area contributed by atoms with Gasteiger partial charge in [0.05, 0.1) is 16.1 Å². The molecular weight excluding hydrogens is 279 g/mol. The molecule has 1 unspecified atom stereocenters. The predicted molar refractivity (Wildman–Crippen MR) is 63.2 cm³/mol. The van der Waals surface area contributed by atoms with Crippen molar-refractivity contribution in [2.75, 3.05) is 5.32 Å². The van der Waals surface area contributed by atoms with Crippen molar-refractivity contribution in [2.24, 2.45) is 0 Å². The van der Waals surface area contributed by atoms with Gasteiger partial charge < -0.3 is 5.32 Å². The normalized spacial score (nSPS) is 11.6. The molecule has 0 aromatic heterocycles. The van der Waals surface area contributed by atoms with Crippen LogP contribution < -0.4 is 5.32 Å². The lowest BCUT2D eigenvalue weighted by Crippen LogP contribution is -2.20. The summed E-state index contributed by atoms with van der Waals surface area (Å²) in [6, 6.07) is 6.70. The van der Waals surface area contributed by atoms with Crippen LogP contribution in [0.15, 0.2) is 18.2 Å². The second kappa shape index (κ2) is 5.15. The fourth-order valence-electron chi connectivity index (χ4n) is 0.950. The van der Waals surface area contributed by atoms with Crippen molar-refractivity contribution in [3.8, 4) is 6.07 Å². The Bertz CT molecular complexity index is 426. The topological polar surface area (TPSA) is 52.9 Å². The minimum Gasteiger partial charge on any atom is -0.324 e. The number of rotatable bonds is 2. The maximum Gasteiger partial charge on any atom is 0.237 e. The Morgan fingerprint density at radius 3 is 2.87 bits per heavy atom. The third-order valence-corrected chi connectivity index (χ3v) is 2.37. The first-order valence-corrected chi connectivity index (χ1v) is 5.48. The number of nitrogens with one attached hydrogen (secondary N) is 1. The summed E-state index contributed by atoms with van der Waals surface area (Å²) in [4.78, 5) is 11.1. The highest BCUT2D eigenvalue weighted by Crippen LogP contribution is 2.20. The molecule has 0 spiro atoms. The molecule has 1 atom stereocenters. The molecule has 1 rings (SSSR count). The molecule has 3 nitrogen and oxygen atoms in total. The van der Waals surface area contributed by atoms with E-state index in [1.165, 1.54) is 0 Å². The van der Waals surface area contributed by atoms with E-state index in [4.69, 9.17) is 16.9 Å². The lowest BCUT2D eigenvalue weighted by Gasteiger charge is -2.08. The van der Waals surface area contributed by atoms with Crippen molar-refractivity contribution in [3.05, 3.63) is 28.8 Å². The molecule has 0 fully saturated rings. The monoisotopic (exact) mass is 286 g/mol. The van der Waals surface area contributed by atoms with Gasteiger partial charge in [-0.2, -0.15) is 5.26 Å². The van der Waals surface area contributed by atoms with Crippen LogP contribution in [-0.2, 0) is 4.79 Å². The van der Waals surface area contributed by atoms with Crippen molar-refractivity contribution >= 4 is 39.1 Å². The highest BCUT2D eigenvalue weighted by atomic mass is 79.9. The summed E-state index contributed by atoms with van der Waals surface area (Å²) in [6.45, 7) is 1.70. The Hall–Kier alpha value is -1.05. The maximum absolute atomic E-state index is 11.4. The average molecular weight is 288 g/mol. The van der Waals surface area contributed by atoms with E-state index in [1.54, 1.807) is 25.1 Å². The molecule has 0 saturated carbocycles. The molecule has 15 heavy (non-hydrogen) atoms. The maximum atomic E-state index is 11.4. The van der Waals surface area contributed by atoms with Crippen molar-refractivity contribution in [3.63, 3.8) is 0 Å². The molecule has 1 amide bonds. The molecule has 0 saturated heterocycles. The van der Waals surface area contributed by atoms with E-state index in [9.17, 15) is 4.79 Å². The molecular formula is C10H8BrClN2O. The fourth-order valence-corrected chi connectivity index (χ4v) is 1.24. The van der Waals surface area contributed by atoms with E-state index in [2.05, 4.69) is 21.2 Å². The van der Waals surface area contributed by atoms with Gasteiger partial charge >= 0.3 is 0 Å². The van der Waals surface area contributed by atoms with E-state index < -0.39 is 0 Å². The van der Waals surface area contributed by atoms with Gasteiger partial charge in [0.1, 0.15) is 6.07 Å². The molecule has 0 aliphatic carbocycles. The molecule has 0 heterocycles. The van der Waals surface area contributed by atoms with Gasteiger partial charge in [0.25, 0.3) is 0 Å². The summed E-state index contributed by atoms with van der Waals surface area (Å²) in [5, 5.41) is 11.9. The number of halogens is 2. The van der Waals surface area contributed by atoms with Gasteiger partial charge in [0.15, 0.2) is 0 Å². The first-order valence-electron chi connectivity index (χ1n) is 4.19. The van der Waals surface area contributed by atoms with Gasteiger partial charge in [-0.3, -0.25) is 4.79 Å². The lowest BCUT2D eigenvalue weighted by molar-refractivity contribution is -0.115. The SMILES string of the molecule is CC(Br)C(=O)Nc1cc(Cl)ccc1C#N. The Kier molecular flexibility index (Phi) is 4.13. The quantitative estimate of drug-likeness (QED) is 0.850. The summed E-state index contributed by atoms with van der Waals surface area (Å²) in [6.07, 6.45) is 0. The van der Waals surface area contributed by atoms with E-state index >= 15 is 0 Å². The van der Waals surface area contributed by atoms with Crippen LogP contribution in [0.5, 0.6) is 0 Å². The highest BCUT2D eigenvalue weighted by Gasteiger charge is 2.11. The molecule has 0 radical (unpaired) electrons. The molecule has 1 aromatic rings. The van der Waals surface area contributed by atoms with Crippen LogP contribution in [0.4, 0.5) is 5.69 Å². The number of nitriles is 1. The van der Waals surface area contributed by atoms with Gasteiger partial charge in [-0.15, -0.1) is 0 Å². The van der Waals surface area contributed by atoms with Crippen LogP contribution in [0, 0.1) is 11.3 Å². The number of amides is 1. The van der Waals surface area contributed by atoms with Gasteiger partial charge in [0, 0.05) is 5.02 Å². The minimum absolute atomic E-state index is 0.214. The number of nitrogens with zero attached hydrogens (tertiary/aromatic N) is 1. The summed E-state index contributed by atoms with van der Waals surface area (Å²) >= 11 is 8.90. The summed E-state index contributed by atoms with van der Waals surface area (Å²) in [5.74, 6) is -0.214. The zero-order valence-electron chi connectivity index (χ0n) is 7.92. The fraction of sp³-hybridized carbons (Fsp3) is 0.200. The van der Waals surface area contributed by atoms with E-state index in [-0.39, 0.29) is 10.7 Å². The third kappa shape index (κ3) is 3.22. The van der Waals surface area contributed by atoms with E-state index in [0.717, 1.165) is 0 Å². The number of anilines is 1. The second-order valence-electron chi connectivity index (χ2n) is 2.91. The number of carbonyl (C=O) groups excluding carboxylic acids is 1. The number of benzene rings is 1. The Morgan fingerprint density at radius 2 is 2.33 bits per heavy atom. The molecule has 0 aliphatic rings. The molecule has 1 N–H and O–H groups in total. The zero-order valence-corrected chi connectivity index (χ0v) is 10.3. The van der Waals surface area contributed by atoms with Crippen LogP contribution in [0.2, 0.25) is 5.02 Å². The molecule has 1 aromatic carbocycles. The first-order chi connectivity index (χ1) is 7.04. The highest BCUT2D eigenvalue weighted by molar-refractivity contribution is 9.10. The van der Waals surface area contributed by atoms with Crippen LogP contribution in [0.1, 0.15) is 12.5 Å². The molecule has 5 heteroatoms. The Labute approximate surface area is 101 Å². The largest absolute Gasteiger partial charge is 0.324 e. The van der Waals surface area contributed by atoms with E-state index in [1.807, 2.05) is 6.07 Å². The average Bonchev–Trinajstić information content (AvgIpc) is 2.18. The number of carbonyl (C=O) groups is 1. The smallest absolute Gasteiger partial charge is 0.237 e. The summed E-state index contributed by atoms with van der Waals surface area (Å²) in [5.41, 5.74) is 0.821. The minimum atomic E-state index is -0.317. The lowest BCUT2D eigenvalue weighted by atomic mass is 10.2. The van der Waals surface area contributed by atoms with Gasteiger partial charge in [-0.25, -0.2) is 0 Å². The van der Waals surface area contributed by atoms with Crippen molar-refractivity contribution in [1.82, 2.24) is 0 Å². The van der Waals surface area contributed by atoms with Crippen LogP contribution in [-0.4, -0.2) is 10.7 Å².